The molecule has 0 N–H and O–H groups in total. The number of aryl methyl sites for hydroxylation is 1. The van der Waals surface area contributed by atoms with Crippen molar-refractivity contribution in [1.82, 2.24) is 9.78 Å². The van der Waals surface area contributed by atoms with Crippen molar-refractivity contribution >= 4 is 0 Å². The lowest BCUT2D eigenvalue weighted by Crippen LogP contribution is -1.96. The van der Waals surface area contributed by atoms with Gasteiger partial charge in [-0.3, -0.25) is 4.68 Å². The fourth-order valence-electron chi connectivity index (χ4n) is 1.12. The van der Waals surface area contributed by atoms with Crippen LogP contribution in [-0.2, 0) is 6.54 Å². The van der Waals surface area contributed by atoms with Crippen molar-refractivity contribution in [3.63, 3.8) is 0 Å². The highest BCUT2D eigenvalue weighted by Crippen LogP contribution is 2.08. The number of hydrogen-bond donors (Lipinski definition) is 0. The second-order valence-corrected chi connectivity index (χ2v) is 2.96. The van der Waals surface area contributed by atoms with E-state index in [1.165, 1.54) is 0 Å². The molecule has 0 fully saturated rings. The Bertz CT molecular complexity index is 320. The van der Waals surface area contributed by atoms with E-state index < -0.39 is 0 Å². The van der Waals surface area contributed by atoms with Crippen molar-refractivity contribution in [1.29, 1.82) is 0 Å². The third kappa shape index (κ3) is 3.53. The summed E-state index contributed by atoms with van der Waals surface area (Å²) in [7, 11) is 0. The maximum absolute atomic E-state index is 5.45. The van der Waals surface area contributed by atoms with Crippen LogP contribution in [0.2, 0.25) is 0 Å². The van der Waals surface area contributed by atoms with Gasteiger partial charge in [0.25, 0.3) is 0 Å². The van der Waals surface area contributed by atoms with Gasteiger partial charge in [-0.2, -0.15) is 5.10 Å². The molecule has 1 rings (SSSR count). The molecule has 1 aromatic heterocycles. The zero-order valence-electron chi connectivity index (χ0n) is 8.79. The fraction of sp³-hybridized carbons (Fsp3) is 0.545. The topological polar surface area (TPSA) is 27.1 Å². The van der Waals surface area contributed by atoms with Gasteiger partial charge in [0.2, 0.25) is 0 Å². The standard InChI is InChI=1S/C11H16N2O/c1-3-5-6-8-14-11-9-12-13(10-11)7-4-2/h9-10H,4,6-8H2,1-2H3. The quantitative estimate of drug-likeness (QED) is 0.527. The monoisotopic (exact) mass is 192 g/mol. The van der Waals surface area contributed by atoms with Gasteiger partial charge in [0.1, 0.15) is 0 Å². The molecular formula is C11H16N2O. The molecule has 0 unspecified atom stereocenters. The molecule has 0 spiro atoms. The number of aromatic nitrogens is 2. The summed E-state index contributed by atoms with van der Waals surface area (Å²) in [5.41, 5.74) is 0. The Kier molecular flexibility index (Phi) is 4.63. The summed E-state index contributed by atoms with van der Waals surface area (Å²) in [5.74, 6) is 6.61. The third-order valence-corrected chi connectivity index (χ3v) is 1.73. The molecule has 0 bridgehead atoms. The van der Waals surface area contributed by atoms with E-state index in [-0.39, 0.29) is 0 Å². The van der Waals surface area contributed by atoms with Crippen molar-refractivity contribution in [2.45, 2.75) is 33.2 Å². The van der Waals surface area contributed by atoms with E-state index in [0.717, 1.165) is 25.1 Å². The normalized spacial score (nSPS) is 9.29. The smallest absolute Gasteiger partial charge is 0.157 e. The predicted molar refractivity (Wildman–Crippen MR) is 56.1 cm³/mol. The Balaban J connectivity index is 2.31. The molecule has 1 aromatic rings. The second kappa shape index (κ2) is 6.09. The number of hydrogen-bond acceptors (Lipinski definition) is 2. The molecule has 0 amide bonds. The highest BCUT2D eigenvalue weighted by Gasteiger charge is 1.97. The van der Waals surface area contributed by atoms with Crippen molar-refractivity contribution in [2.75, 3.05) is 6.61 Å². The molecule has 76 valence electrons. The van der Waals surface area contributed by atoms with Crippen LogP contribution in [0.4, 0.5) is 0 Å². The summed E-state index contributed by atoms with van der Waals surface area (Å²) >= 11 is 0. The zero-order valence-corrected chi connectivity index (χ0v) is 8.79. The van der Waals surface area contributed by atoms with Gasteiger partial charge in [-0.05, 0) is 13.3 Å². The summed E-state index contributed by atoms with van der Waals surface area (Å²) in [6.45, 7) is 5.54. The van der Waals surface area contributed by atoms with Crippen LogP contribution in [0.15, 0.2) is 12.4 Å². The molecule has 3 nitrogen and oxygen atoms in total. The van der Waals surface area contributed by atoms with Gasteiger partial charge in [-0.1, -0.05) is 6.92 Å². The van der Waals surface area contributed by atoms with Gasteiger partial charge in [0.15, 0.2) is 5.75 Å². The van der Waals surface area contributed by atoms with Crippen LogP contribution in [0.25, 0.3) is 0 Å². The summed E-state index contributed by atoms with van der Waals surface area (Å²) in [6, 6.07) is 0. The van der Waals surface area contributed by atoms with E-state index in [2.05, 4.69) is 23.9 Å². The van der Waals surface area contributed by atoms with E-state index >= 15 is 0 Å². The van der Waals surface area contributed by atoms with Crippen LogP contribution < -0.4 is 4.74 Å². The number of rotatable bonds is 5. The molecule has 0 aliphatic heterocycles. The molecular weight excluding hydrogens is 176 g/mol. The lowest BCUT2D eigenvalue weighted by atomic mass is 10.4. The average molecular weight is 192 g/mol. The lowest BCUT2D eigenvalue weighted by Gasteiger charge is -1.98. The Morgan fingerprint density at radius 1 is 1.57 bits per heavy atom. The van der Waals surface area contributed by atoms with E-state index in [1.54, 1.807) is 6.20 Å². The van der Waals surface area contributed by atoms with Gasteiger partial charge in [-0.15, -0.1) is 11.8 Å². The average Bonchev–Trinajstić information content (AvgIpc) is 2.61. The van der Waals surface area contributed by atoms with E-state index in [9.17, 15) is 0 Å². The number of ether oxygens (including phenoxy) is 1. The van der Waals surface area contributed by atoms with Crippen LogP contribution in [0.3, 0.4) is 0 Å². The van der Waals surface area contributed by atoms with Crippen LogP contribution in [0, 0.1) is 11.8 Å². The molecule has 3 heteroatoms. The molecule has 0 aliphatic rings. The van der Waals surface area contributed by atoms with Crippen molar-refractivity contribution in [3.05, 3.63) is 12.4 Å². The molecule has 1 heterocycles. The first kappa shape index (κ1) is 10.6. The first-order valence-electron chi connectivity index (χ1n) is 4.91. The molecule has 0 radical (unpaired) electrons. The third-order valence-electron chi connectivity index (χ3n) is 1.73. The van der Waals surface area contributed by atoms with Gasteiger partial charge in [0.05, 0.1) is 19.0 Å². The van der Waals surface area contributed by atoms with Crippen molar-refractivity contribution < 1.29 is 4.74 Å². The van der Waals surface area contributed by atoms with E-state index in [4.69, 9.17) is 4.74 Å². The molecule has 0 atom stereocenters. The fourth-order valence-corrected chi connectivity index (χ4v) is 1.12. The Labute approximate surface area is 85.1 Å². The maximum Gasteiger partial charge on any atom is 0.157 e. The molecule has 0 saturated heterocycles. The van der Waals surface area contributed by atoms with Gasteiger partial charge >= 0.3 is 0 Å². The number of nitrogens with zero attached hydrogens (tertiary/aromatic N) is 2. The Morgan fingerprint density at radius 2 is 2.43 bits per heavy atom. The minimum atomic E-state index is 0.638. The van der Waals surface area contributed by atoms with Crippen molar-refractivity contribution in [3.8, 4) is 17.6 Å². The van der Waals surface area contributed by atoms with Crippen LogP contribution in [0.5, 0.6) is 5.75 Å². The first-order chi connectivity index (χ1) is 6.86. The van der Waals surface area contributed by atoms with Gasteiger partial charge < -0.3 is 4.74 Å². The second-order valence-electron chi connectivity index (χ2n) is 2.96. The zero-order chi connectivity index (χ0) is 10.2. The van der Waals surface area contributed by atoms with Crippen LogP contribution >= 0.6 is 0 Å². The van der Waals surface area contributed by atoms with Gasteiger partial charge in [-0.25, -0.2) is 0 Å². The predicted octanol–water partition coefficient (Wildman–Crippen LogP) is 2.09. The highest BCUT2D eigenvalue weighted by atomic mass is 16.5. The van der Waals surface area contributed by atoms with E-state index in [0.29, 0.717) is 6.61 Å². The van der Waals surface area contributed by atoms with Gasteiger partial charge in [0, 0.05) is 13.0 Å². The molecule has 0 aromatic carbocycles. The Hall–Kier alpha value is -1.43. The first-order valence-corrected chi connectivity index (χ1v) is 4.91. The maximum atomic E-state index is 5.45. The van der Waals surface area contributed by atoms with Crippen LogP contribution in [-0.4, -0.2) is 16.4 Å². The summed E-state index contributed by atoms with van der Waals surface area (Å²) in [5, 5.41) is 4.16. The minimum absolute atomic E-state index is 0.638. The minimum Gasteiger partial charge on any atom is -0.489 e. The summed E-state index contributed by atoms with van der Waals surface area (Å²) in [6.07, 6.45) is 5.52. The van der Waals surface area contributed by atoms with Crippen LogP contribution in [0.1, 0.15) is 26.7 Å². The van der Waals surface area contributed by atoms with Crippen molar-refractivity contribution in [2.24, 2.45) is 0 Å². The largest absolute Gasteiger partial charge is 0.489 e. The highest BCUT2D eigenvalue weighted by molar-refractivity contribution is 5.11. The molecule has 0 aliphatic carbocycles. The summed E-state index contributed by atoms with van der Waals surface area (Å²) in [4.78, 5) is 0. The summed E-state index contributed by atoms with van der Waals surface area (Å²) < 4.78 is 7.34. The molecule has 0 saturated carbocycles. The van der Waals surface area contributed by atoms with E-state index in [1.807, 2.05) is 17.8 Å². The Morgan fingerprint density at radius 3 is 3.14 bits per heavy atom. The lowest BCUT2D eigenvalue weighted by molar-refractivity contribution is 0.326. The SMILES string of the molecule is CC#CCCOc1cnn(CCC)c1. The molecule has 14 heavy (non-hydrogen) atoms.